The van der Waals surface area contributed by atoms with Gasteiger partial charge in [-0.2, -0.15) is 0 Å². The highest BCUT2D eigenvalue weighted by Gasteiger charge is 2.61. The van der Waals surface area contributed by atoms with Crippen LogP contribution in [-0.2, 0) is 15.3 Å². The van der Waals surface area contributed by atoms with E-state index in [9.17, 15) is 15.0 Å². The predicted molar refractivity (Wildman–Crippen MR) is 100.0 cm³/mol. The van der Waals surface area contributed by atoms with Crippen molar-refractivity contribution < 1.29 is 19.7 Å². The van der Waals surface area contributed by atoms with Crippen molar-refractivity contribution in [3.05, 3.63) is 35.5 Å². The minimum absolute atomic E-state index is 0.104. The Morgan fingerprint density at radius 1 is 1.37 bits per heavy atom. The molecule has 1 fully saturated rings. The molecule has 4 heterocycles. The summed E-state index contributed by atoms with van der Waals surface area (Å²) in [4.78, 5) is 15.2. The normalized spacial score (nSPS) is 35.1. The number of aromatic nitrogens is 1. The van der Waals surface area contributed by atoms with Gasteiger partial charge < -0.3 is 19.5 Å². The highest BCUT2D eigenvalue weighted by atomic mass is 16.5. The molecule has 0 radical (unpaired) electrons. The lowest BCUT2D eigenvalue weighted by Crippen LogP contribution is -2.60. The first-order valence-corrected chi connectivity index (χ1v) is 9.83. The molecular formula is C21H26N2O4. The minimum atomic E-state index is -1.76. The van der Waals surface area contributed by atoms with Crippen LogP contribution in [0.25, 0.3) is 10.9 Å². The van der Waals surface area contributed by atoms with Crippen molar-refractivity contribution in [3.63, 3.8) is 0 Å². The molecule has 1 aromatic carbocycles. The van der Waals surface area contributed by atoms with Crippen molar-refractivity contribution in [2.24, 2.45) is 5.41 Å². The second kappa shape index (κ2) is 5.56. The third kappa shape index (κ3) is 1.98. The molecule has 1 aromatic heterocycles. The smallest absolute Gasteiger partial charge is 0.359 e. The molecule has 4 atom stereocenters. The number of fused-ring (bicyclic) bond motifs is 3. The molecule has 0 bridgehead atoms. The van der Waals surface area contributed by atoms with Crippen LogP contribution in [0.5, 0.6) is 0 Å². The van der Waals surface area contributed by atoms with Crippen LogP contribution in [0.3, 0.4) is 0 Å². The third-order valence-electron chi connectivity index (χ3n) is 7.20. The van der Waals surface area contributed by atoms with Gasteiger partial charge in [-0.3, -0.25) is 4.90 Å². The molecule has 4 unspecified atom stereocenters. The molecule has 3 aliphatic rings. The summed E-state index contributed by atoms with van der Waals surface area (Å²) in [6.07, 6.45) is 2.54. The Hall–Kier alpha value is -1.89. The van der Waals surface area contributed by atoms with Crippen LogP contribution >= 0.6 is 0 Å². The number of carbonyl (C=O) groups is 1. The summed E-state index contributed by atoms with van der Waals surface area (Å²) in [5.41, 5.74) is 0.588. The molecule has 144 valence electrons. The molecule has 0 spiro atoms. The van der Waals surface area contributed by atoms with E-state index in [2.05, 4.69) is 11.8 Å². The lowest BCUT2D eigenvalue weighted by atomic mass is 9.62. The Morgan fingerprint density at radius 2 is 2.15 bits per heavy atom. The predicted octanol–water partition coefficient (Wildman–Crippen LogP) is 2.44. The number of hydrogen-bond acceptors (Lipinski definition) is 5. The molecule has 6 nitrogen and oxygen atoms in total. The van der Waals surface area contributed by atoms with Crippen molar-refractivity contribution in [2.45, 2.75) is 50.5 Å². The Balaban J connectivity index is 1.92. The van der Waals surface area contributed by atoms with E-state index < -0.39 is 17.8 Å². The van der Waals surface area contributed by atoms with Gasteiger partial charge in [0, 0.05) is 29.6 Å². The van der Waals surface area contributed by atoms with Crippen molar-refractivity contribution >= 4 is 16.9 Å². The van der Waals surface area contributed by atoms with E-state index in [-0.39, 0.29) is 11.5 Å². The maximum absolute atomic E-state index is 12.8. The monoisotopic (exact) mass is 370 g/mol. The van der Waals surface area contributed by atoms with Gasteiger partial charge in [0.2, 0.25) is 5.72 Å². The van der Waals surface area contributed by atoms with E-state index in [0.29, 0.717) is 13.0 Å². The van der Waals surface area contributed by atoms with E-state index in [0.717, 1.165) is 48.0 Å². The van der Waals surface area contributed by atoms with Gasteiger partial charge in [-0.1, -0.05) is 25.1 Å². The fourth-order valence-corrected chi connectivity index (χ4v) is 6.14. The van der Waals surface area contributed by atoms with Crippen LogP contribution in [0.4, 0.5) is 0 Å². The van der Waals surface area contributed by atoms with Gasteiger partial charge in [0.1, 0.15) is 0 Å². The van der Waals surface area contributed by atoms with Crippen molar-refractivity contribution in [2.75, 3.05) is 20.2 Å². The number of rotatable bonds is 2. The Kier molecular flexibility index (Phi) is 3.55. The zero-order chi connectivity index (χ0) is 19.0. The first kappa shape index (κ1) is 17.2. The van der Waals surface area contributed by atoms with E-state index in [1.54, 1.807) is 4.57 Å². The van der Waals surface area contributed by atoms with Crippen LogP contribution in [-0.4, -0.2) is 45.8 Å². The van der Waals surface area contributed by atoms with Crippen LogP contribution < -0.4 is 0 Å². The molecule has 0 amide bonds. The second-order valence-corrected chi connectivity index (χ2v) is 8.37. The molecule has 0 aliphatic carbocycles. The lowest BCUT2D eigenvalue weighted by molar-refractivity contribution is -0.195. The number of aliphatic hydroxyl groups excluding tert-OH is 1. The summed E-state index contributed by atoms with van der Waals surface area (Å²) >= 11 is 0. The van der Waals surface area contributed by atoms with Crippen LogP contribution in [0, 0.1) is 5.41 Å². The Morgan fingerprint density at radius 3 is 2.89 bits per heavy atom. The zero-order valence-electron chi connectivity index (χ0n) is 15.8. The fourth-order valence-electron chi connectivity index (χ4n) is 6.14. The number of hydrogen-bond donors (Lipinski definition) is 2. The number of carbonyl (C=O) groups excluding carboxylic acids is 1. The summed E-state index contributed by atoms with van der Waals surface area (Å²) in [6, 6.07) is 7.84. The van der Waals surface area contributed by atoms with Gasteiger partial charge in [0.25, 0.3) is 0 Å². The average molecular weight is 370 g/mol. The second-order valence-electron chi connectivity index (χ2n) is 8.37. The molecule has 5 rings (SSSR count). The van der Waals surface area contributed by atoms with E-state index in [1.807, 2.05) is 24.3 Å². The number of para-hydroxylation sites is 1. The first-order valence-electron chi connectivity index (χ1n) is 9.83. The van der Waals surface area contributed by atoms with E-state index >= 15 is 0 Å². The Bertz CT molecular complexity index is 938. The molecular weight excluding hydrogens is 344 g/mol. The maximum atomic E-state index is 12.8. The standard InChI is InChI=1S/C21H26N2O4/c1-3-20-9-6-10-22-11-15(24)16-13-7-4-5-8-14(13)23(17(16)18(20)22)21(26,12-20)19(25)27-2/h4-5,7-8,15,18,24,26H,3,6,9-12H2,1-2H3. The SMILES string of the molecule is CCC12CCCN3CC(O)c4c(n(c5ccccc45)C(O)(C(=O)OC)C1)C32. The number of piperidine rings is 1. The number of ether oxygens (including phenoxy) is 1. The number of nitrogens with zero attached hydrogens (tertiary/aromatic N) is 2. The zero-order valence-corrected chi connectivity index (χ0v) is 15.8. The van der Waals surface area contributed by atoms with Crippen LogP contribution in [0.15, 0.2) is 24.3 Å². The van der Waals surface area contributed by atoms with Crippen molar-refractivity contribution in [1.29, 1.82) is 0 Å². The van der Waals surface area contributed by atoms with Gasteiger partial charge in [-0.05, 0) is 37.3 Å². The molecule has 3 aliphatic heterocycles. The van der Waals surface area contributed by atoms with E-state index in [1.165, 1.54) is 7.11 Å². The summed E-state index contributed by atoms with van der Waals surface area (Å²) in [5.74, 6) is -0.630. The number of benzene rings is 1. The first-order chi connectivity index (χ1) is 13.0. The number of aliphatic hydroxyl groups is 2. The van der Waals surface area contributed by atoms with Crippen molar-refractivity contribution in [1.82, 2.24) is 9.47 Å². The number of esters is 1. The largest absolute Gasteiger partial charge is 0.465 e. The minimum Gasteiger partial charge on any atom is -0.465 e. The average Bonchev–Trinajstić information content (AvgIpc) is 3.03. The van der Waals surface area contributed by atoms with Gasteiger partial charge in [0.15, 0.2) is 0 Å². The van der Waals surface area contributed by atoms with Gasteiger partial charge in [0.05, 0.1) is 24.8 Å². The fraction of sp³-hybridized carbons (Fsp3) is 0.571. The number of methoxy groups -OCH3 is 1. The lowest BCUT2D eigenvalue weighted by Gasteiger charge is -2.58. The molecule has 6 heteroatoms. The van der Waals surface area contributed by atoms with Gasteiger partial charge >= 0.3 is 5.97 Å². The third-order valence-corrected chi connectivity index (χ3v) is 7.20. The molecule has 1 saturated heterocycles. The van der Waals surface area contributed by atoms with Gasteiger partial charge in [-0.25, -0.2) is 4.79 Å². The topological polar surface area (TPSA) is 74.9 Å². The Labute approximate surface area is 158 Å². The summed E-state index contributed by atoms with van der Waals surface area (Å²) in [7, 11) is 1.32. The molecule has 2 N–H and O–H groups in total. The van der Waals surface area contributed by atoms with Crippen LogP contribution in [0.2, 0.25) is 0 Å². The molecule has 0 saturated carbocycles. The van der Waals surface area contributed by atoms with Gasteiger partial charge in [-0.15, -0.1) is 0 Å². The van der Waals surface area contributed by atoms with Crippen LogP contribution in [0.1, 0.15) is 56.0 Å². The van der Waals surface area contributed by atoms with Crippen molar-refractivity contribution in [3.8, 4) is 0 Å². The summed E-state index contributed by atoms with van der Waals surface area (Å²) in [6.45, 7) is 3.68. The maximum Gasteiger partial charge on any atom is 0.359 e. The summed E-state index contributed by atoms with van der Waals surface area (Å²) in [5, 5.41) is 23.6. The summed E-state index contributed by atoms with van der Waals surface area (Å²) < 4.78 is 6.83. The quantitative estimate of drug-likeness (QED) is 0.795. The highest BCUT2D eigenvalue weighted by molar-refractivity contribution is 5.90. The van der Waals surface area contributed by atoms with E-state index in [4.69, 9.17) is 4.74 Å². The highest BCUT2D eigenvalue weighted by Crippen LogP contribution is 2.61. The molecule has 2 aromatic rings. The molecule has 27 heavy (non-hydrogen) atoms.